The maximum Gasteiger partial charge on any atom is 0.307 e. The van der Waals surface area contributed by atoms with Gasteiger partial charge in [-0.3, -0.25) is 4.79 Å². The van der Waals surface area contributed by atoms with E-state index in [2.05, 4.69) is 89.1 Å². The van der Waals surface area contributed by atoms with E-state index < -0.39 is 11.9 Å². The Morgan fingerprint density at radius 2 is 1.83 bits per heavy atom. The molecule has 4 fully saturated rings. The summed E-state index contributed by atoms with van der Waals surface area (Å²) in [6.07, 6.45) is 8.01. The number of carboxylic acids is 1. The summed E-state index contributed by atoms with van der Waals surface area (Å²) < 4.78 is 13.6. The van der Waals surface area contributed by atoms with Crippen molar-refractivity contribution in [2.75, 3.05) is 32.6 Å². The standard InChI is InChI=1S/C37H62N6O4/c1-21(2)23(5)33(6)15-16-35(8)24-11-12-28-34(7)19-46-20-37(28,25(24)13-14-36(35,9)29(33)31(44)45)17-27(43-41-32(38)40-42-43)30(34)47-18-26(39-10)22(3)4/h13,21-24,26-30,39H,11-12,14-20H2,1-10H3,(H2,38,41)(H,44,45)/t23-,24+,26-,27-,28+,29-,30+,33-,34+,35-,36+,37?/m1/s1. The van der Waals surface area contributed by atoms with E-state index in [4.69, 9.17) is 15.2 Å². The van der Waals surface area contributed by atoms with Crippen LogP contribution in [0.3, 0.4) is 0 Å². The fourth-order valence-electron chi connectivity index (χ4n) is 12.3. The van der Waals surface area contributed by atoms with Gasteiger partial charge >= 0.3 is 5.97 Å². The van der Waals surface area contributed by atoms with Crippen molar-refractivity contribution >= 4 is 11.9 Å². The SMILES string of the molecule is CN[C@H](CO[C@H]1[C@H](n2nnc(N)n2)CC23COC[C@@]1(C)[C@@H]2CC[C@H]1C3=CC[C@@]2(C)[C@H](C(=O)O)[C@@](C)([C@H](C)C(C)C)CC[C@]12C)C(C)C. The average molecular weight is 655 g/mol. The van der Waals surface area contributed by atoms with Crippen LogP contribution in [0.2, 0.25) is 0 Å². The number of ether oxygens (including phenoxy) is 2. The van der Waals surface area contributed by atoms with Crippen LogP contribution in [0, 0.1) is 62.6 Å². The lowest BCUT2D eigenvalue weighted by Gasteiger charge is -2.71. The summed E-state index contributed by atoms with van der Waals surface area (Å²) in [5.74, 6) is 0.969. The van der Waals surface area contributed by atoms with Crippen LogP contribution < -0.4 is 11.1 Å². The van der Waals surface area contributed by atoms with Gasteiger partial charge in [0.15, 0.2) is 0 Å². The van der Waals surface area contributed by atoms with E-state index in [1.807, 2.05) is 7.05 Å². The molecule has 2 heterocycles. The third kappa shape index (κ3) is 4.88. The third-order valence-corrected chi connectivity index (χ3v) is 15.5. The van der Waals surface area contributed by atoms with Crippen LogP contribution in [0.25, 0.3) is 0 Å². The van der Waals surface area contributed by atoms with Gasteiger partial charge < -0.3 is 25.6 Å². The number of carboxylic acid groups (broad SMARTS) is 1. The maximum atomic E-state index is 13.4. The molecule has 10 heteroatoms. The molecule has 47 heavy (non-hydrogen) atoms. The van der Waals surface area contributed by atoms with Gasteiger partial charge in [-0.1, -0.05) is 79.1 Å². The molecule has 264 valence electrons. The smallest absolute Gasteiger partial charge is 0.307 e. The second kappa shape index (κ2) is 11.8. The third-order valence-electron chi connectivity index (χ3n) is 15.5. The van der Waals surface area contributed by atoms with E-state index in [1.54, 1.807) is 4.80 Å². The molecule has 0 spiro atoms. The molecule has 0 amide bonds. The largest absolute Gasteiger partial charge is 0.481 e. The second-order valence-electron chi connectivity index (χ2n) is 18.0. The number of carbonyl (C=O) groups is 1. The number of rotatable bonds is 9. The topological polar surface area (TPSA) is 137 Å². The van der Waals surface area contributed by atoms with Gasteiger partial charge in [-0.15, -0.1) is 5.10 Å². The molecule has 1 unspecified atom stereocenters. The highest BCUT2D eigenvalue weighted by molar-refractivity contribution is 5.73. The molecule has 4 N–H and O–H groups in total. The van der Waals surface area contributed by atoms with Crippen molar-refractivity contribution in [1.82, 2.24) is 25.5 Å². The van der Waals surface area contributed by atoms with Gasteiger partial charge in [-0.25, -0.2) is 0 Å². The zero-order chi connectivity index (χ0) is 34.3. The first-order valence-corrected chi connectivity index (χ1v) is 18.3. The minimum atomic E-state index is -0.625. The second-order valence-corrected chi connectivity index (χ2v) is 18.0. The molecule has 1 aromatic rings. The van der Waals surface area contributed by atoms with Crippen molar-refractivity contribution < 1.29 is 19.4 Å². The lowest BCUT2D eigenvalue weighted by Crippen LogP contribution is -2.69. The van der Waals surface area contributed by atoms with E-state index >= 15 is 0 Å². The first-order chi connectivity index (χ1) is 22.0. The van der Waals surface area contributed by atoms with Gasteiger partial charge in [0.05, 0.1) is 31.8 Å². The lowest BCUT2D eigenvalue weighted by molar-refractivity contribution is -0.252. The van der Waals surface area contributed by atoms with Gasteiger partial charge in [0.25, 0.3) is 5.95 Å². The fourth-order valence-corrected chi connectivity index (χ4v) is 12.3. The molecule has 2 bridgehead atoms. The summed E-state index contributed by atoms with van der Waals surface area (Å²) in [6, 6.07) is 0.0694. The fraction of sp³-hybridized carbons (Fsp3) is 0.892. The van der Waals surface area contributed by atoms with Crippen molar-refractivity contribution in [2.24, 2.45) is 62.6 Å². The monoisotopic (exact) mass is 654 g/mol. The minimum Gasteiger partial charge on any atom is -0.481 e. The molecule has 10 nitrogen and oxygen atoms in total. The number of fused-ring (bicyclic) bond motifs is 3. The van der Waals surface area contributed by atoms with Crippen LogP contribution in [-0.4, -0.2) is 70.3 Å². The van der Waals surface area contributed by atoms with E-state index in [0.29, 0.717) is 49.4 Å². The average Bonchev–Trinajstić information content (AvgIpc) is 3.43. The Bertz CT molecular complexity index is 1380. The minimum absolute atomic E-state index is 0.139. The Hall–Kier alpha value is -2.04. The maximum absolute atomic E-state index is 13.4. The Labute approximate surface area is 282 Å². The Morgan fingerprint density at radius 1 is 1.11 bits per heavy atom. The first-order valence-electron chi connectivity index (χ1n) is 18.3. The summed E-state index contributed by atoms with van der Waals surface area (Å²) in [4.78, 5) is 15.1. The predicted octanol–water partition coefficient (Wildman–Crippen LogP) is 6.01. The summed E-state index contributed by atoms with van der Waals surface area (Å²) in [6.45, 7) is 22.5. The van der Waals surface area contributed by atoms with Crippen LogP contribution in [0.15, 0.2) is 11.6 Å². The number of nitrogens with two attached hydrogens (primary N) is 1. The van der Waals surface area contributed by atoms with Gasteiger partial charge in [-0.2, -0.15) is 4.80 Å². The van der Waals surface area contributed by atoms with Crippen LogP contribution >= 0.6 is 0 Å². The van der Waals surface area contributed by atoms with E-state index in [0.717, 1.165) is 38.5 Å². The highest BCUT2D eigenvalue weighted by atomic mass is 16.5. The highest BCUT2D eigenvalue weighted by Gasteiger charge is 2.72. The molecular formula is C37H62N6O4. The Kier molecular flexibility index (Phi) is 8.73. The van der Waals surface area contributed by atoms with E-state index in [9.17, 15) is 9.90 Å². The summed E-state index contributed by atoms with van der Waals surface area (Å²) in [5, 5.41) is 27.6. The van der Waals surface area contributed by atoms with Crippen molar-refractivity contribution in [3.8, 4) is 0 Å². The van der Waals surface area contributed by atoms with Crippen LogP contribution in [0.5, 0.6) is 0 Å². The van der Waals surface area contributed by atoms with Gasteiger partial charge in [0.1, 0.15) is 6.04 Å². The molecule has 4 aliphatic carbocycles. The Balaban J connectivity index is 1.44. The molecule has 0 radical (unpaired) electrons. The zero-order valence-electron chi connectivity index (χ0n) is 30.7. The molecule has 3 saturated carbocycles. The normalized spacial score (nSPS) is 44.3. The van der Waals surface area contributed by atoms with E-state index in [-0.39, 0.29) is 51.2 Å². The number of hydrogen-bond acceptors (Lipinski definition) is 8. The summed E-state index contributed by atoms with van der Waals surface area (Å²) >= 11 is 0. The van der Waals surface area contributed by atoms with Crippen LogP contribution in [-0.2, 0) is 14.3 Å². The number of hydrogen-bond donors (Lipinski definition) is 3. The van der Waals surface area contributed by atoms with Gasteiger partial charge in [0, 0.05) is 16.9 Å². The van der Waals surface area contributed by atoms with Crippen molar-refractivity contribution in [2.45, 2.75) is 119 Å². The van der Waals surface area contributed by atoms with Crippen molar-refractivity contribution in [1.29, 1.82) is 0 Å². The molecule has 6 rings (SSSR count). The number of aromatic nitrogens is 4. The van der Waals surface area contributed by atoms with Crippen molar-refractivity contribution in [3.05, 3.63) is 11.6 Å². The van der Waals surface area contributed by atoms with E-state index in [1.165, 1.54) is 5.57 Å². The number of nitrogens with zero attached hydrogens (tertiary/aromatic N) is 4. The molecule has 1 aromatic heterocycles. The number of anilines is 1. The van der Waals surface area contributed by atoms with Crippen LogP contribution in [0.1, 0.15) is 107 Å². The number of likely N-dealkylation sites (N-methyl/N-ethyl adjacent to an activating group) is 1. The number of aliphatic carboxylic acids is 1. The van der Waals surface area contributed by atoms with Crippen molar-refractivity contribution in [3.63, 3.8) is 0 Å². The van der Waals surface area contributed by atoms with Crippen LogP contribution in [0.4, 0.5) is 5.95 Å². The summed E-state index contributed by atoms with van der Waals surface area (Å²) in [7, 11) is 2.00. The number of nitrogen functional groups attached to an aromatic ring is 1. The molecule has 0 aromatic carbocycles. The zero-order valence-corrected chi connectivity index (χ0v) is 30.7. The molecule has 5 aliphatic rings. The summed E-state index contributed by atoms with van der Waals surface area (Å²) in [5.41, 5.74) is 6.32. The van der Waals surface area contributed by atoms with Gasteiger partial charge in [0.2, 0.25) is 0 Å². The number of allylic oxidation sites excluding steroid dienone is 1. The lowest BCUT2D eigenvalue weighted by atomic mass is 9.34. The number of nitrogens with one attached hydrogen (secondary N) is 1. The highest BCUT2D eigenvalue weighted by Crippen LogP contribution is 2.75. The predicted molar refractivity (Wildman–Crippen MR) is 182 cm³/mol. The quantitative estimate of drug-likeness (QED) is 0.273. The number of tetrazole rings is 1. The molecule has 1 saturated heterocycles. The molecule has 12 atom stereocenters. The first kappa shape index (κ1) is 34.8. The molecular weight excluding hydrogens is 592 g/mol. The molecule has 1 aliphatic heterocycles. The Morgan fingerprint density at radius 3 is 2.43 bits per heavy atom. The van der Waals surface area contributed by atoms with Gasteiger partial charge in [-0.05, 0) is 96.6 Å².